The summed E-state index contributed by atoms with van der Waals surface area (Å²) in [6, 6.07) is 0.515. The van der Waals surface area contributed by atoms with Gasteiger partial charge in [-0.1, -0.05) is 11.6 Å². The summed E-state index contributed by atoms with van der Waals surface area (Å²) in [4.78, 5) is 0. The van der Waals surface area contributed by atoms with Gasteiger partial charge in [0.05, 0.1) is 16.4 Å². The molecule has 0 bridgehead atoms. The summed E-state index contributed by atoms with van der Waals surface area (Å²) in [5.41, 5.74) is 2.05. The molecule has 1 aromatic rings. The second kappa shape index (κ2) is 4.80. The van der Waals surface area contributed by atoms with Crippen molar-refractivity contribution >= 4 is 11.6 Å². The minimum Gasteiger partial charge on any atom is -0.317 e. The smallest absolute Gasteiger partial charge is 0.0846 e. The lowest BCUT2D eigenvalue weighted by molar-refractivity contribution is 0.550. The molecule has 1 unspecified atom stereocenters. The molecular weight excluding hydrogens is 198 g/mol. The highest BCUT2D eigenvalue weighted by atomic mass is 35.5. The van der Waals surface area contributed by atoms with Crippen molar-refractivity contribution < 1.29 is 0 Å². The summed E-state index contributed by atoms with van der Waals surface area (Å²) < 4.78 is 1.88. The zero-order valence-electron chi connectivity index (χ0n) is 9.26. The summed E-state index contributed by atoms with van der Waals surface area (Å²) in [7, 11) is 3.92. The third-order valence-corrected chi connectivity index (χ3v) is 3.06. The largest absolute Gasteiger partial charge is 0.317 e. The number of rotatable bonds is 4. The Morgan fingerprint density at radius 2 is 2.21 bits per heavy atom. The first kappa shape index (κ1) is 11.5. The third-order valence-electron chi connectivity index (χ3n) is 2.57. The maximum absolute atomic E-state index is 6.14. The summed E-state index contributed by atoms with van der Waals surface area (Å²) >= 11 is 6.14. The first-order valence-corrected chi connectivity index (χ1v) is 5.29. The van der Waals surface area contributed by atoms with E-state index in [0.717, 1.165) is 29.3 Å². The molecule has 0 saturated heterocycles. The Labute approximate surface area is 90.4 Å². The van der Waals surface area contributed by atoms with Crippen LogP contribution in [-0.2, 0) is 13.5 Å². The van der Waals surface area contributed by atoms with Crippen LogP contribution in [0.3, 0.4) is 0 Å². The molecule has 0 fully saturated rings. The van der Waals surface area contributed by atoms with Crippen molar-refractivity contribution in [2.45, 2.75) is 32.7 Å². The van der Waals surface area contributed by atoms with Crippen LogP contribution in [0.25, 0.3) is 0 Å². The molecule has 1 atom stereocenters. The van der Waals surface area contributed by atoms with Crippen LogP contribution in [0.4, 0.5) is 0 Å². The van der Waals surface area contributed by atoms with Gasteiger partial charge in [0.1, 0.15) is 0 Å². The summed E-state index contributed by atoms with van der Waals surface area (Å²) in [5, 5.41) is 8.30. The van der Waals surface area contributed by atoms with Gasteiger partial charge in [0.15, 0.2) is 0 Å². The second-order valence-corrected chi connectivity index (χ2v) is 4.08. The summed E-state index contributed by atoms with van der Waals surface area (Å²) in [6.07, 6.45) is 2.05. The van der Waals surface area contributed by atoms with E-state index in [-0.39, 0.29) is 0 Å². The maximum Gasteiger partial charge on any atom is 0.0846 e. The number of hydrogen-bond acceptors (Lipinski definition) is 2. The van der Waals surface area contributed by atoms with E-state index in [1.54, 1.807) is 0 Å². The van der Waals surface area contributed by atoms with Crippen molar-refractivity contribution in [2.24, 2.45) is 7.05 Å². The fourth-order valence-electron chi connectivity index (χ4n) is 1.45. The van der Waals surface area contributed by atoms with Crippen LogP contribution in [-0.4, -0.2) is 22.9 Å². The van der Waals surface area contributed by atoms with Crippen LogP contribution in [0.15, 0.2) is 0 Å². The Kier molecular flexibility index (Phi) is 3.96. The molecule has 4 heteroatoms. The molecule has 0 aliphatic carbocycles. The van der Waals surface area contributed by atoms with Gasteiger partial charge in [-0.05, 0) is 33.7 Å². The minimum atomic E-state index is 0.515. The molecule has 0 amide bonds. The Morgan fingerprint density at radius 3 is 2.64 bits per heavy atom. The molecule has 1 N–H and O–H groups in total. The third kappa shape index (κ3) is 2.49. The molecule has 0 spiro atoms. The molecule has 0 saturated carbocycles. The monoisotopic (exact) mass is 215 g/mol. The molecule has 3 nitrogen and oxygen atoms in total. The lowest BCUT2D eigenvalue weighted by Crippen LogP contribution is -2.22. The zero-order valence-corrected chi connectivity index (χ0v) is 10.0. The number of nitrogens with one attached hydrogen (secondary N) is 1. The average molecular weight is 216 g/mol. The van der Waals surface area contributed by atoms with Gasteiger partial charge in [-0.3, -0.25) is 4.68 Å². The predicted molar refractivity (Wildman–Crippen MR) is 59.8 cm³/mol. The number of aryl methyl sites for hydroxylation is 2. The van der Waals surface area contributed by atoms with Gasteiger partial charge in [0.2, 0.25) is 0 Å². The van der Waals surface area contributed by atoms with Crippen LogP contribution in [0, 0.1) is 6.92 Å². The number of halogens is 1. The van der Waals surface area contributed by atoms with Crippen LogP contribution in [0.1, 0.15) is 24.7 Å². The Bertz CT molecular complexity index is 307. The fourth-order valence-corrected chi connectivity index (χ4v) is 1.70. The number of aromatic nitrogens is 2. The Morgan fingerprint density at radius 1 is 1.57 bits per heavy atom. The SMILES string of the molecule is CNC(C)CCc1c(Cl)c(C)nn1C. The van der Waals surface area contributed by atoms with Gasteiger partial charge < -0.3 is 5.32 Å². The van der Waals surface area contributed by atoms with E-state index < -0.39 is 0 Å². The molecule has 0 radical (unpaired) electrons. The van der Waals surface area contributed by atoms with Crippen LogP contribution in [0.5, 0.6) is 0 Å². The topological polar surface area (TPSA) is 29.9 Å². The lowest BCUT2D eigenvalue weighted by Gasteiger charge is -2.09. The van der Waals surface area contributed by atoms with Crippen LogP contribution in [0.2, 0.25) is 5.02 Å². The molecule has 1 heterocycles. The first-order chi connectivity index (χ1) is 6.56. The van der Waals surface area contributed by atoms with Crippen LogP contribution < -0.4 is 5.32 Å². The standard InChI is InChI=1S/C10H18ClN3/c1-7(12-3)5-6-9-10(11)8(2)13-14(9)4/h7,12H,5-6H2,1-4H3. The van der Waals surface area contributed by atoms with Crippen molar-refractivity contribution in [3.05, 3.63) is 16.4 Å². The van der Waals surface area contributed by atoms with Crippen molar-refractivity contribution in [1.82, 2.24) is 15.1 Å². The number of nitrogens with zero attached hydrogens (tertiary/aromatic N) is 2. The van der Waals surface area contributed by atoms with E-state index in [4.69, 9.17) is 11.6 Å². The van der Waals surface area contributed by atoms with Crippen molar-refractivity contribution in [3.8, 4) is 0 Å². The van der Waals surface area contributed by atoms with Crippen molar-refractivity contribution in [3.63, 3.8) is 0 Å². The van der Waals surface area contributed by atoms with E-state index in [9.17, 15) is 0 Å². The minimum absolute atomic E-state index is 0.515. The van der Waals surface area contributed by atoms with E-state index in [0.29, 0.717) is 6.04 Å². The summed E-state index contributed by atoms with van der Waals surface area (Å²) in [5.74, 6) is 0. The normalized spacial score (nSPS) is 13.2. The molecule has 1 rings (SSSR count). The second-order valence-electron chi connectivity index (χ2n) is 3.70. The van der Waals surface area contributed by atoms with Gasteiger partial charge >= 0.3 is 0 Å². The fraction of sp³-hybridized carbons (Fsp3) is 0.700. The molecule has 0 aliphatic heterocycles. The first-order valence-electron chi connectivity index (χ1n) is 4.91. The van der Waals surface area contributed by atoms with E-state index in [1.807, 2.05) is 25.7 Å². The highest BCUT2D eigenvalue weighted by Crippen LogP contribution is 2.20. The van der Waals surface area contributed by atoms with Crippen molar-refractivity contribution in [1.29, 1.82) is 0 Å². The molecular formula is C10H18ClN3. The Hall–Kier alpha value is -0.540. The van der Waals surface area contributed by atoms with Gasteiger partial charge in [-0.15, -0.1) is 0 Å². The quantitative estimate of drug-likeness (QED) is 0.832. The van der Waals surface area contributed by atoms with Gasteiger partial charge in [0, 0.05) is 13.1 Å². The van der Waals surface area contributed by atoms with Crippen LogP contribution >= 0.6 is 11.6 Å². The molecule has 0 aromatic carbocycles. The molecule has 14 heavy (non-hydrogen) atoms. The van der Waals surface area contributed by atoms with E-state index >= 15 is 0 Å². The van der Waals surface area contributed by atoms with E-state index in [2.05, 4.69) is 17.3 Å². The maximum atomic E-state index is 6.14. The van der Waals surface area contributed by atoms with E-state index in [1.165, 1.54) is 0 Å². The molecule has 80 valence electrons. The molecule has 0 aliphatic rings. The zero-order chi connectivity index (χ0) is 10.7. The van der Waals surface area contributed by atoms with Gasteiger partial charge in [-0.2, -0.15) is 5.10 Å². The average Bonchev–Trinajstić information content (AvgIpc) is 2.39. The summed E-state index contributed by atoms with van der Waals surface area (Å²) in [6.45, 7) is 4.10. The highest BCUT2D eigenvalue weighted by Gasteiger charge is 2.11. The van der Waals surface area contributed by atoms with Crippen molar-refractivity contribution in [2.75, 3.05) is 7.05 Å². The number of hydrogen-bond donors (Lipinski definition) is 1. The predicted octanol–water partition coefficient (Wildman–Crippen LogP) is 1.92. The Balaban J connectivity index is 2.67. The lowest BCUT2D eigenvalue weighted by atomic mass is 10.1. The highest BCUT2D eigenvalue weighted by molar-refractivity contribution is 6.31. The van der Waals surface area contributed by atoms with Gasteiger partial charge in [-0.25, -0.2) is 0 Å². The molecule has 1 aromatic heterocycles. The van der Waals surface area contributed by atoms with Gasteiger partial charge in [0.25, 0.3) is 0 Å².